The topological polar surface area (TPSA) is 33.6 Å². The van der Waals surface area contributed by atoms with Gasteiger partial charge in [-0.1, -0.05) is 30.8 Å². The van der Waals surface area contributed by atoms with Gasteiger partial charge in [-0.15, -0.1) is 13.2 Å². The Morgan fingerprint density at radius 3 is 2.72 bits per heavy atom. The molecule has 98 valence electrons. The molecule has 7 heteroatoms. The standard InChI is InChI=1S/C11H11F3N2OS/c1-7-6-15-10(18-7)16-8-4-2-3-5-9(8)17-11(12,13)14/h2-5,7H,6H2,1H3,(H,15,16). The fraction of sp³-hybridized carbons (Fsp3) is 0.364. The summed E-state index contributed by atoms with van der Waals surface area (Å²) in [5, 5.41) is 3.80. The number of ether oxygens (including phenoxy) is 1. The Hall–Kier alpha value is -1.37. The molecular formula is C11H11F3N2OS. The van der Waals surface area contributed by atoms with Gasteiger partial charge in [-0.05, 0) is 12.1 Å². The van der Waals surface area contributed by atoms with E-state index in [0.717, 1.165) is 0 Å². The van der Waals surface area contributed by atoms with Crippen LogP contribution in [-0.4, -0.2) is 23.3 Å². The van der Waals surface area contributed by atoms with Crippen LogP contribution in [0.25, 0.3) is 0 Å². The summed E-state index contributed by atoms with van der Waals surface area (Å²) in [5.41, 5.74) is 0.259. The number of nitrogens with one attached hydrogen (secondary N) is 1. The second kappa shape index (κ2) is 5.09. The van der Waals surface area contributed by atoms with Crippen molar-refractivity contribution in [2.75, 3.05) is 11.9 Å². The maximum atomic E-state index is 12.2. The van der Waals surface area contributed by atoms with E-state index >= 15 is 0 Å². The molecular weight excluding hydrogens is 265 g/mol. The molecule has 1 unspecified atom stereocenters. The number of para-hydroxylation sites is 2. The number of anilines is 1. The second-order valence-electron chi connectivity index (χ2n) is 3.74. The van der Waals surface area contributed by atoms with Crippen molar-refractivity contribution in [3.05, 3.63) is 24.3 Å². The maximum Gasteiger partial charge on any atom is 0.573 e. The molecule has 1 aromatic rings. The quantitative estimate of drug-likeness (QED) is 0.897. The fourth-order valence-electron chi connectivity index (χ4n) is 1.44. The van der Waals surface area contributed by atoms with Gasteiger partial charge in [-0.2, -0.15) is 0 Å². The highest BCUT2D eigenvalue weighted by atomic mass is 32.2. The van der Waals surface area contributed by atoms with Crippen LogP contribution in [0, 0.1) is 0 Å². The van der Waals surface area contributed by atoms with Gasteiger partial charge in [-0.3, -0.25) is 4.99 Å². The molecule has 1 heterocycles. The lowest BCUT2D eigenvalue weighted by atomic mass is 10.3. The van der Waals surface area contributed by atoms with Gasteiger partial charge in [0, 0.05) is 5.25 Å². The van der Waals surface area contributed by atoms with E-state index in [0.29, 0.717) is 17.0 Å². The lowest BCUT2D eigenvalue weighted by Crippen LogP contribution is -2.18. The summed E-state index contributed by atoms with van der Waals surface area (Å²) < 4.78 is 40.6. The number of hydrogen-bond donors (Lipinski definition) is 1. The van der Waals surface area contributed by atoms with Gasteiger partial charge < -0.3 is 10.1 Å². The minimum absolute atomic E-state index is 0.257. The van der Waals surface area contributed by atoms with Crippen LogP contribution >= 0.6 is 11.8 Å². The molecule has 1 atom stereocenters. The molecule has 0 bridgehead atoms. The van der Waals surface area contributed by atoms with Gasteiger partial charge in [0.1, 0.15) is 0 Å². The van der Waals surface area contributed by atoms with Gasteiger partial charge in [0.25, 0.3) is 0 Å². The van der Waals surface area contributed by atoms with Crippen molar-refractivity contribution in [1.29, 1.82) is 0 Å². The van der Waals surface area contributed by atoms with Crippen LogP contribution in [0.3, 0.4) is 0 Å². The predicted octanol–water partition coefficient (Wildman–Crippen LogP) is 3.49. The first-order valence-electron chi connectivity index (χ1n) is 5.27. The summed E-state index contributed by atoms with van der Waals surface area (Å²) in [6, 6.07) is 5.90. The zero-order chi connectivity index (χ0) is 13.2. The minimum Gasteiger partial charge on any atom is -0.404 e. The van der Waals surface area contributed by atoms with Crippen molar-refractivity contribution < 1.29 is 17.9 Å². The van der Waals surface area contributed by atoms with Gasteiger partial charge in [0.05, 0.1) is 12.2 Å². The van der Waals surface area contributed by atoms with E-state index in [1.807, 2.05) is 6.92 Å². The third-order valence-corrected chi connectivity index (χ3v) is 3.17. The average Bonchev–Trinajstić information content (AvgIpc) is 2.65. The molecule has 0 saturated heterocycles. The van der Waals surface area contributed by atoms with Gasteiger partial charge in [0.2, 0.25) is 0 Å². The third-order valence-electron chi connectivity index (χ3n) is 2.16. The highest BCUT2D eigenvalue weighted by Gasteiger charge is 2.32. The number of benzene rings is 1. The number of hydrogen-bond acceptors (Lipinski definition) is 4. The maximum absolute atomic E-state index is 12.2. The molecule has 1 aromatic carbocycles. The van der Waals surface area contributed by atoms with Crippen LogP contribution < -0.4 is 10.1 Å². The molecule has 0 aromatic heterocycles. The zero-order valence-corrected chi connectivity index (χ0v) is 10.3. The molecule has 1 aliphatic heterocycles. The molecule has 3 nitrogen and oxygen atoms in total. The Kier molecular flexibility index (Phi) is 3.70. The van der Waals surface area contributed by atoms with Crippen molar-refractivity contribution in [2.24, 2.45) is 4.99 Å². The molecule has 0 saturated carbocycles. The first kappa shape index (κ1) is 13.1. The molecule has 0 aliphatic carbocycles. The van der Waals surface area contributed by atoms with Crippen molar-refractivity contribution in [2.45, 2.75) is 18.5 Å². The van der Waals surface area contributed by atoms with Crippen LogP contribution in [0.15, 0.2) is 29.3 Å². The lowest BCUT2D eigenvalue weighted by Gasteiger charge is -2.14. The summed E-state index contributed by atoms with van der Waals surface area (Å²) >= 11 is 1.49. The number of amidine groups is 1. The number of thioether (sulfide) groups is 1. The van der Waals surface area contributed by atoms with E-state index in [1.54, 1.807) is 6.07 Å². The lowest BCUT2D eigenvalue weighted by molar-refractivity contribution is -0.274. The van der Waals surface area contributed by atoms with Crippen molar-refractivity contribution in [3.63, 3.8) is 0 Å². The number of alkyl halides is 3. The molecule has 0 spiro atoms. The van der Waals surface area contributed by atoms with Crippen LogP contribution in [-0.2, 0) is 0 Å². The number of aliphatic imine (C=N–C) groups is 1. The summed E-state index contributed by atoms with van der Waals surface area (Å²) in [6.45, 7) is 2.66. The molecule has 0 radical (unpaired) electrons. The second-order valence-corrected chi connectivity index (χ2v) is 5.17. The van der Waals surface area contributed by atoms with Crippen LogP contribution in [0.4, 0.5) is 18.9 Å². The molecule has 2 rings (SSSR count). The largest absolute Gasteiger partial charge is 0.573 e. The molecule has 18 heavy (non-hydrogen) atoms. The van der Waals surface area contributed by atoms with Crippen molar-refractivity contribution in [1.82, 2.24) is 0 Å². The van der Waals surface area contributed by atoms with E-state index in [-0.39, 0.29) is 11.4 Å². The summed E-state index contributed by atoms with van der Waals surface area (Å²) in [7, 11) is 0. The van der Waals surface area contributed by atoms with Crippen molar-refractivity contribution >= 4 is 22.6 Å². The third kappa shape index (κ3) is 3.56. The van der Waals surface area contributed by atoms with Crippen LogP contribution in [0.1, 0.15) is 6.92 Å². The number of rotatable bonds is 2. The zero-order valence-electron chi connectivity index (χ0n) is 9.49. The monoisotopic (exact) mass is 276 g/mol. The van der Waals surface area contributed by atoms with Gasteiger partial charge in [-0.25, -0.2) is 0 Å². The van der Waals surface area contributed by atoms with Crippen LogP contribution in [0.2, 0.25) is 0 Å². The SMILES string of the molecule is CC1CN=C(Nc2ccccc2OC(F)(F)F)S1. The Bertz CT molecular complexity index is 462. The van der Waals surface area contributed by atoms with Crippen LogP contribution in [0.5, 0.6) is 5.75 Å². The smallest absolute Gasteiger partial charge is 0.404 e. The molecule has 0 amide bonds. The first-order valence-corrected chi connectivity index (χ1v) is 6.15. The van der Waals surface area contributed by atoms with Gasteiger partial charge >= 0.3 is 6.36 Å². The summed E-state index contributed by atoms with van der Waals surface area (Å²) in [6.07, 6.45) is -4.70. The Morgan fingerprint density at radius 1 is 1.39 bits per heavy atom. The van der Waals surface area contributed by atoms with E-state index < -0.39 is 6.36 Å². The minimum atomic E-state index is -4.70. The predicted molar refractivity (Wildman–Crippen MR) is 66.1 cm³/mol. The average molecular weight is 276 g/mol. The van der Waals surface area contributed by atoms with E-state index in [9.17, 15) is 13.2 Å². The summed E-state index contributed by atoms with van der Waals surface area (Å²) in [4.78, 5) is 4.18. The molecule has 0 fully saturated rings. The molecule has 1 N–H and O–H groups in total. The highest BCUT2D eigenvalue weighted by Crippen LogP contribution is 2.31. The summed E-state index contributed by atoms with van der Waals surface area (Å²) in [5.74, 6) is -0.257. The van der Waals surface area contributed by atoms with Gasteiger partial charge in [0.15, 0.2) is 10.9 Å². The number of nitrogens with zero attached hydrogens (tertiary/aromatic N) is 1. The Morgan fingerprint density at radius 2 is 2.11 bits per heavy atom. The van der Waals surface area contributed by atoms with Crippen molar-refractivity contribution in [3.8, 4) is 5.75 Å². The Labute approximate surface area is 106 Å². The van der Waals surface area contributed by atoms with E-state index in [4.69, 9.17) is 0 Å². The number of halogens is 3. The highest BCUT2D eigenvalue weighted by molar-refractivity contribution is 8.15. The molecule has 1 aliphatic rings. The van der Waals surface area contributed by atoms with E-state index in [1.165, 1.54) is 30.0 Å². The first-order chi connectivity index (χ1) is 8.44. The Balaban J connectivity index is 2.13. The fourth-order valence-corrected chi connectivity index (χ4v) is 2.29. The van der Waals surface area contributed by atoms with E-state index in [2.05, 4.69) is 15.0 Å². The normalized spacial score (nSPS) is 19.6.